The average Bonchev–Trinajstić information content (AvgIpc) is 2.89. The van der Waals surface area contributed by atoms with E-state index in [2.05, 4.69) is 14.5 Å². The Morgan fingerprint density at radius 3 is 2.08 bits per heavy atom. The molecular weight excluding hydrogens is 523 g/mol. The van der Waals surface area contributed by atoms with Gasteiger partial charge in [0.2, 0.25) is 0 Å². The molecule has 0 amide bonds. The first kappa shape index (κ1) is 27.8. The van der Waals surface area contributed by atoms with Gasteiger partial charge in [0.05, 0.1) is 5.69 Å². The molecule has 4 aromatic rings. The standard InChI is InChI=1S/C28H23F5N2O4/c1-28(36,20-4-6-21(29)7-5-20)25-9-3-19(16-34-25)22(14-17-10-12-35(37)13-11-17)18-2-8-23(38-26(30)31)24(15-18)39-27(32)33/h2-13,15-16,22,26-27,36H,14H2,1H3. The number of aliphatic hydroxyl groups is 1. The van der Waals surface area contributed by atoms with Crippen molar-refractivity contribution < 1.29 is 41.3 Å². The van der Waals surface area contributed by atoms with Gasteiger partial charge in [-0.3, -0.25) is 4.98 Å². The number of halogens is 5. The van der Waals surface area contributed by atoms with Gasteiger partial charge in [0.15, 0.2) is 23.9 Å². The molecule has 0 bridgehead atoms. The van der Waals surface area contributed by atoms with Gasteiger partial charge in [0.25, 0.3) is 0 Å². The third kappa shape index (κ3) is 6.80. The fourth-order valence-corrected chi connectivity index (χ4v) is 4.19. The van der Waals surface area contributed by atoms with Gasteiger partial charge in [-0.15, -0.1) is 0 Å². The van der Waals surface area contributed by atoms with E-state index in [4.69, 9.17) is 0 Å². The van der Waals surface area contributed by atoms with Crippen molar-refractivity contribution in [3.05, 3.63) is 124 Å². The summed E-state index contributed by atoms with van der Waals surface area (Å²) in [6.07, 6.45) is 4.38. The van der Waals surface area contributed by atoms with Crippen molar-refractivity contribution in [2.24, 2.45) is 0 Å². The van der Waals surface area contributed by atoms with E-state index in [0.717, 1.165) is 11.6 Å². The first-order valence-electron chi connectivity index (χ1n) is 11.7. The van der Waals surface area contributed by atoms with Crippen LogP contribution in [0.1, 0.15) is 40.8 Å². The number of hydrogen-bond donors (Lipinski definition) is 1. The van der Waals surface area contributed by atoms with E-state index in [0.29, 0.717) is 21.4 Å². The lowest BCUT2D eigenvalue weighted by molar-refractivity contribution is -0.605. The molecule has 2 aromatic carbocycles. The van der Waals surface area contributed by atoms with Crippen LogP contribution in [0.25, 0.3) is 0 Å². The highest BCUT2D eigenvalue weighted by atomic mass is 19.3. The molecule has 0 aliphatic carbocycles. The summed E-state index contributed by atoms with van der Waals surface area (Å²) < 4.78 is 74.5. The van der Waals surface area contributed by atoms with Crippen molar-refractivity contribution in [3.63, 3.8) is 0 Å². The fraction of sp³-hybridized carbons (Fsp3) is 0.214. The quantitative estimate of drug-likeness (QED) is 0.157. The number of aromatic nitrogens is 2. The summed E-state index contributed by atoms with van der Waals surface area (Å²) in [6, 6.07) is 15.5. The lowest BCUT2D eigenvalue weighted by Crippen LogP contribution is -2.24. The van der Waals surface area contributed by atoms with Crippen LogP contribution < -0.4 is 14.2 Å². The second kappa shape index (κ2) is 11.6. The van der Waals surface area contributed by atoms with Crippen molar-refractivity contribution in [3.8, 4) is 11.5 Å². The summed E-state index contributed by atoms with van der Waals surface area (Å²) >= 11 is 0. The van der Waals surface area contributed by atoms with Crippen LogP contribution in [0.5, 0.6) is 11.5 Å². The van der Waals surface area contributed by atoms with Crippen molar-refractivity contribution in [1.29, 1.82) is 0 Å². The van der Waals surface area contributed by atoms with Crippen LogP contribution >= 0.6 is 0 Å². The number of pyridine rings is 2. The molecule has 0 fully saturated rings. The number of benzene rings is 2. The molecule has 2 unspecified atom stereocenters. The molecule has 0 radical (unpaired) electrons. The van der Waals surface area contributed by atoms with Crippen LogP contribution in [0, 0.1) is 11.0 Å². The lowest BCUT2D eigenvalue weighted by atomic mass is 9.85. The van der Waals surface area contributed by atoms with Crippen LogP contribution in [0.2, 0.25) is 0 Å². The summed E-state index contributed by atoms with van der Waals surface area (Å²) in [6.45, 7) is -5.02. The molecule has 0 aliphatic rings. The van der Waals surface area contributed by atoms with E-state index >= 15 is 0 Å². The van der Waals surface area contributed by atoms with Gasteiger partial charge in [0.1, 0.15) is 11.4 Å². The lowest BCUT2D eigenvalue weighted by Gasteiger charge is -2.25. The Kier molecular flexibility index (Phi) is 8.29. The Morgan fingerprint density at radius 2 is 1.49 bits per heavy atom. The van der Waals surface area contributed by atoms with E-state index < -0.39 is 42.1 Å². The van der Waals surface area contributed by atoms with E-state index in [1.54, 1.807) is 24.3 Å². The fourth-order valence-electron chi connectivity index (χ4n) is 4.19. The normalized spacial score (nSPS) is 13.8. The molecule has 2 aromatic heterocycles. The van der Waals surface area contributed by atoms with Gasteiger partial charge in [-0.2, -0.15) is 22.3 Å². The number of rotatable bonds is 10. The molecule has 1 N–H and O–H groups in total. The Hall–Kier alpha value is -4.25. The van der Waals surface area contributed by atoms with Crippen LogP contribution in [0.3, 0.4) is 0 Å². The van der Waals surface area contributed by atoms with Gasteiger partial charge < -0.3 is 19.8 Å². The predicted molar refractivity (Wildman–Crippen MR) is 130 cm³/mol. The third-order valence-corrected chi connectivity index (χ3v) is 6.21. The number of alkyl halides is 4. The summed E-state index contributed by atoms with van der Waals surface area (Å²) in [5.41, 5.74) is 0.878. The molecular formula is C28H23F5N2O4. The largest absolute Gasteiger partial charge is 0.619 e. The Morgan fingerprint density at radius 1 is 0.872 bits per heavy atom. The van der Waals surface area contributed by atoms with Gasteiger partial charge in [-0.25, -0.2) is 4.39 Å². The molecule has 4 rings (SSSR count). The first-order valence-corrected chi connectivity index (χ1v) is 11.7. The van der Waals surface area contributed by atoms with Crippen LogP contribution in [-0.2, 0) is 12.0 Å². The zero-order valence-electron chi connectivity index (χ0n) is 20.5. The van der Waals surface area contributed by atoms with Crippen molar-refractivity contribution >= 4 is 0 Å². The molecule has 11 heteroatoms. The highest BCUT2D eigenvalue weighted by Crippen LogP contribution is 2.37. The maximum absolute atomic E-state index is 13.4. The van der Waals surface area contributed by atoms with Gasteiger partial charge in [-0.05, 0) is 65.9 Å². The summed E-state index contributed by atoms with van der Waals surface area (Å²) in [4.78, 5) is 4.41. The monoisotopic (exact) mass is 546 g/mol. The summed E-state index contributed by atoms with van der Waals surface area (Å²) in [5.74, 6) is -2.12. The SMILES string of the molecule is CC(O)(c1ccc(F)cc1)c1ccc(C(Cc2cc[n+]([O-])cc2)c2ccc(OC(F)F)c(OC(F)F)c2)cn1. The van der Waals surface area contributed by atoms with E-state index in [1.807, 2.05) is 0 Å². The molecule has 6 nitrogen and oxygen atoms in total. The molecule has 2 atom stereocenters. The van der Waals surface area contributed by atoms with Gasteiger partial charge >= 0.3 is 13.2 Å². The smallest absolute Gasteiger partial charge is 0.387 e. The zero-order chi connectivity index (χ0) is 28.2. The van der Waals surface area contributed by atoms with E-state index in [-0.39, 0.29) is 12.1 Å². The van der Waals surface area contributed by atoms with E-state index in [1.165, 1.54) is 61.9 Å². The van der Waals surface area contributed by atoms with Crippen LogP contribution in [0.15, 0.2) is 85.3 Å². The maximum Gasteiger partial charge on any atom is 0.387 e. The zero-order valence-corrected chi connectivity index (χ0v) is 20.5. The Labute approximate surface area is 220 Å². The number of hydrogen-bond acceptors (Lipinski definition) is 5. The number of ether oxygens (including phenoxy) is 2. The molecule has 204 valence electrons. The van der Waals surface area contributed by atoms with Crippen molar-refractivity contribution in [1.82, 2.24) is 4.98 Å². The second-order valence-corrected chi connectivity index (χ2v) is 8.84. The maximum atomic E-state index is 13.4. The average molecular weight is 546 g/mol. The Bertz CT molecular complexity index is 1380. The highest BCUT2D eigenvalue weighted by Gasteiger charge is 2.28. The summed E-state index contributed by atoms with van der Waals surface area (Å²) in [7, 11) is 0. The minimum Gasteiger partial charge on any atom is -0.619 e. The van der Waals surface area contributed by atoms with Gasteiger partial charge in [0, 0.05) is 24.2 Å². The van der Waals surface area contributed by atoms with Crippen LogP contribution in [-0.4, -0.2) is 23.3 Å². The van der Waals surface area contributed by atoms with Crippen LogP contribution in [0.4, 0.5) is 22.0 Å². The minimum atomic E-state index is -3.28. The molecule has 0 aliphatic heterocycles. The number of nitrogens with zero attached hydrogens (tertiary/aromatic N) is 2. The molecule has 39 heavy (non-hydrogen) atoms. The first-order chi connectivity index (χ1) is 18.5. The Balaban J connectivity index is 1.73. The minimum absolute atomic E-state index is 0.270. The van der Waals surface area contributed by atoms with E-state index in [9.17, 15) is 32.3 Å². The molecule has 0 saturated heterocycles. The second-order valence-electron chi connectivity index (χ2n) is 8.84. The van der Waals surface area contributed by atoms with Crippen molar-refractivity contribution in [2.75, 3.05) is 0 Å². The predicted octanol–water partition coefficient (Wildman–Crippen LogP) is 5.69. The topological polar surface area (TPSA) is 78.5 Å². The highest BCUT2D eigenvalue weighted by molar-refractivity contribution is 5.47. The molecule has 2 heterocycles. The summed E-state index contributed by atoms with van der Waals surface area (Å²) in [5, 5.41) is 22.6. The molecule has 0 saturated carbocycles. The third-order valence-electron chi connectivity index (χ3n) is 6.21. The van der Waals surface area contributed by atoms with Crippen molar-refractivity contribution in [2.45, 2.75) is 38.1 Å². The molecule has 0 spiro atoms. The van der Waals surface area contributed by atoms with Gasteiger partial charge in [-0.1, -0.05) is 24.3 Å².